The Bertz CT molecular complexity index is 793. The van der Waals surface area contributed by atoms with Gasteiger partial charge < -0.3 is 4.57 Å². The number of aromatic nitrogens is 2. The highest BCUT2D eigenvalue weighted by atomic mass is 32.2. The first-order valence-electron chi connectivity index (χ1n) is 5.82. The van der Waals surface area contributed by atoms with E-state index in [-0.39, 0.29) is 22.3 Å². The summed E-state index contributed by atoms with van der Waals surface area (Å²) in [6, 6.07) is 3.11. The van der Waals surface area contributed by atoms with Crippen molar-refractivity contribution in [2.45, 2.75) is 9.24 Å². The maximum atomic E-state index is 11.8. The molecule has 0 aromatic carbocycles. The number of imidazole rings is 1. The minimum absolute atomic E-state index is 0.0493. The third-order valence-corrected chi connectivity index (χ3v) is 6.63. The fourth-order valence-corrected chi connectivity index (χ4v) is 4.54. The average molecular weight is 350 g/mol. The lowest BCUT2D eigenvalue weighted by molar-refractivity contribution is 0.569. The van der Waals surface area contributed by atoms with Crippen LogP contribution in [-0.4, -0.2) is 39.5 Å². The summed E-state index contributed by atoms with van der Waals surface area (Å²) in [6.07, 6.45) is 2.73. The summed E-state index contributed by atoms with van der Waals surface area (Å²) >= 11 is 1.09. The molecule has 0 saturated heterocycles. The molecule has 0 aliphatic heterocycles. The van der Waals surface area contributed by atoms with Gasteiger partial charge in [0.1, 0.15) is 4.21 Å². The summed E-state index contributed by atoms with van der Waals surface area (Å²) in [6.45, 7) is -0.115. The molecule has 11 heteroatoms. The molecular formula is C10H14N4O4S3. The number of nitrogens with zero attached hydrogens (tertiary/aromatic N) is 2. The molecule has 0 atom stereocenters. The molecule has 2 aromatic heterocycles. The lowest BCUT2D eigenvalue weighted by Crippen LogP contribution is -2.34. The number of sulfonamides is 2. The first kappa shape index (κ1) is 16.1. The van der Waals surface area contributed by atoms with Gasteiger partial charge >= 0.3 is 0 Å². The lowest BCUT2D eigenvalue weighted by atomic mass is 10.7. The predicted molar refractivity (Wildman–Crippen MR) is 77.9 cm³/mol. The number of rotatable bonds is 7. The monoisotopic (exact) mass is 350 g/mol. The minimum Gasteiger partial charge on any atom is -0.339 e. The topological polar surface area (TPSA) is 110 Å². The van der Waals surface area contributed by atoms with E-state index < -0.39 is 20.0 Å². The van der Waals surface area contributed by atoms with Gasteiger partial charge in [-0.2, -0.15) is 0 Å². The number of aryl methyl sites for hydroxylation is 1. The number of thiophene rings is 1. The first-order chi connectivity index (χ1) is 9.81. The van der Waals surface area contributed by atoms with Crippen LogP contribution >= 0.6 is 11.3 Å². The van der Waals surface area contributed by atoms with Gasteiger partial charge in [-0.05, 0) is 11.4 Å². The van der Waals surface area contributed by atoms with Crippen LogP contribution in [0.4, 0.5) is 0 Å². The fraction of sp³-hybridized carbons (Fsp3) is 0.300. The number of nitrogens with one attached hydrogen (secondary N) is 2. The van der Waals surface area contributed by atoms with Crippen molar-refractivity contribution in [3.05, 3.63) is 30.0 Å². The van der Waals surface area contributed by atoms with Gasteiger partial charge in [-0.25, -0.2) is 31.3 Å². The number of hydrogen-bond donors (Lipinski definition) is 2. The van der Waals surface area contributed by atoms with Crippen LogP contribution in [0.2, 0.25) is 0 Å². The van der Waals surface area contributed by atoms with Crippen molar-refractivity contribution in [2.75, 3.05) is 13.1 Å². The zero-order valence-corrected chi connectivity index (χ0v) is 13.5. The fourth-order valence-electron chi connectivity index (χ4n) is 1.46. The largest absolute Gasteiger partial charge is 0.339 e. The summed E-state index contributed by atoms with van der Waals surface area (Å²) in [7, 11) is -5.65. The summed E-state index contributed by atoms with van der Waals surface area (Å²) in [5, 5.41) is 1.55. The normalized spacial score (nSPS) is 12.6. The molecular weight excluding hydrogens is 336 g/mol. The zero-order valence-electron chi connectivity index (χ0n) is 11.1. The summed E-state index contributed by atoms with van der Waals surface area (Å²) in [5.74, 6) is 0. The average Bonchev–Trinajstić information content (AvgIpc) is 3.05. The second-order valence-electron chi connectivity index (χ2n) is 4.11. The highest BCUT2D eigenvalue weighted by Crippen LogP contribution is 2.14. The lowest BCUT2D eigenvalue weighted by Gasteiger charge is -2.06. The van der Waals surface area contributed by atoms with Crippen LogP contribution < -0.4 is 9.44 Å². The molecule has 0 fully saturated rings. The van der Waals surface area contributed by atoms with Gasteiger partial charge in [-0.1, -0.05) is 6.07 Å². The molecule has 21 heavy (non-hydrogen) atoms. The molecule has 2 N–H and O–H groups in total. The van der Waals surface area contributed by atoms with Crippen molar-refractivity contribution in [1.29, 1.82) is 0 Å². The van der Waals surface area contributed by atoms with Crippen molar-refractivity contribution in [2.24, 2.45) is 7.05 Å². The number of hydrogen-bond acceptors (Lipinski definition) is 6. The zero-order chi connectivity index (χ0) is 15.5. The van der Waals surface area contributed by atoms with E-state index in [1.54, 1.807) is 18.5 Å². The van der Waals surface area contributed by atoms with E-state index in [2.05, 4.69) is 14.4 Å². The highest BCUT2D eigenvalue weighted by molar-refractivity contribution is 7.91. The van der Waals surface area contributed by atoms with Gasteiger partial charge in [-0.3, -0.25) is 0 Å². The second kappa shape index (κ2) is 6.23. The Morgan fingerprint density at radius 1 is 1.19 bits per heavy atom. The van der Waals surface area contributed by atoms with Crippen LogP contribution in [0.1, 0.15) is 0 Å². The van der Waals surface area contributed by atoms with E-state index in [0.717, 1.165) is 11.3 Å². The van der Waals surface area contributed by atoms with Crippen LogP contribution in [0.15, 0.2) is 39.3 Å². The summed E-state index contributed by atoms with van der Waals surface area (Å²) in [5.41, 5.74) is 0. The molecule has 2 heterocycles. The third-order valence-electron chi connectivity index (χ3n) is 2.43. The predicted octanol–water partition coefficient (Wildman–Crippen LogP) is -0.262. The van der Waals surface area contributed by atoms with E-state index in [1.807, 2.05) is 0 Å². The van der Waals surface area contributed by atoms with Crippen LogP contribution in [0.5, 0.6) is 0 Å². The quantitative estimate of drug-likeness (QED) is 0.669. The van der Waals surface area contributed by atoms with E-state index in [0.29, 0.717) is 0 Å². The SMILES string of the molecule is Cn1cnc(S(=O)(=O)NCCNS(=O)(=O)c2cccs2)c1. The molecule has 8 nitrogen and oxygen atoms in total. The van der Waals surface area contributed by atoms with Crippen molar-refractivity contribution in [3.8, 4) is 0 Å². The standard InChI is InChI=1S/C10H14N4O4S3/c1-14-7-9(11-8-14)20(15,16)12-4-5-13-21(17,18)10-3-2-6-19-10/h2-3,6-8,12-13H,4-5H2,1H3. The van der Waals surface area contributed by atoms with E-state index in [9.17, 15) is 16.8 Å². The van der Waals surface area contributed by atoms with Gasteiger partial charge in [0.25, 0.3) is 10.0 Å². The van der Waals surface area contributed by atoms with E-state index in [4.69, 9.17) is 0 Å². The van der Waals surface area contributed by atoms with Crippen LogP contribution in [-0.2, 0) is 27.1 Å². The smallest absolute Gasteiger partial charge is 0.259 e. The molecule has 0 bridgehead atoms. The molecule has 116 valence electrons. The Labute approximate surface area is 126 Å². The van der Waals surface area contributed by atoms with Crippen molar-refractivity contribution < 1.29 is 16.8 Å². The molecule has 0 amide bonds. The maximum absolute atomic E-state index is 11.8. The van der Waals surface area contributed by atoms with Crippen LogP contribution in [0.25, 0.3) is 0 Å². The summed E-state index contributed by atoms with van der Waals surface area (Å²) in [4.78, 5) is 3.73. The van der Waals surface area contributed by atoms with Gasteiger partial charge in [0.2, 0.25) is 10.0 Å². The molecule has 0 aliphatic rings. The van der Waals surface area contributed by atoms with Crippen LogP contribution in [0, 0.1) is 0 Å². The highest BCUT2D eigenvalue weighted by Gasteiger charge is 2.18. The minimum atomic E-state index is -3.73. The summed E-state index contributed by atoms with van der Waals surface area (Å²) < 4.78 is 53.6. The molecule has 0 saturated carbocycles. The molecule has 0 spiro atoms. The van der Waals surface area contributed by atoms with Crippen molar-refractivity contribution >= 4 is 31.4 Å². The molecule has 0 unspecified atom stereocenters. The van der Waals surface area contributed by atoms with E-state index >= 15 is 0 Å². The Balaban J connectivity index is 1.88. The molecule has 0 radical (unpaired) electrons. The first-order valence-corrected chi connectivity index (χ1v) is 9.67. The maximum Gasteiger partial charge on any atom is 0.259 e. The third kappa shape index (κ3) is 4.11. The Morgan fingerprint density at radius 2 is 1.86 bits per heavy atom. The van der Waals surface area contributed by atoms with Crippen LogP contribution in [0.3, 0.4) is 0 Å². The molecule has 2 rings (SSSR count). The van der Waals surface area contributed by atoms with Crippen molar-refractivity contribution in [1.82, 2.24) is 19.0 Å². The van der Waals surface area contributed by atoms with Gasteiger partial charge in [0.05, 0.1) is 6.33 Å². The van der Waals surface area contributed by atoms with Gasteiger partial charge in [-0.15, -0.1) is 11.3 Å². The Hall–Kier alpha value is -1.27. The second-order valence-corrected chi connectivity index (χ2v) is 8.76. The Kier molecular flexibility index (Phi) is 4.78. The Morgan fingerprint density at radius 3 is 2.38 bits per heavy atom. The van der Waals surface area contributed by atoms with Gasteiger partial charge in [0.15, 0.2) is 5.03 Å². The van der Waals surface area contributed by atoms with E-state index in [1.165, 1.54) is 23.2 Å². The molecule has 2 aromatic rings. The van der Waals surface area contributed by atoms with Crippen molar-refractivity contribution in [3.63, 3.8) is 0 Å². The molecule has 0 aliphatic carbocycles. The van der Waals surface area contributed by atoms with Gasteiger partial charge in [0, 0.05) is 26.3 Å².